The maximum atomic E-state index is 5.19. The van der Waals surface area contributed by atoms with Gasteiger partial charge in [-0.05, 0) is 12.1 Å². The topological polar surface area (TPSA) is 64.9 Å². The van der Waals surface area contributed by atoms with Gasteiger partial charge in [0.2, 0.25) is 0 Å². The average molecular weight is 233 g/mol. The van der Waals surface area contributed by atoms with Crippen molar-refractivity contribution in [3.8, 4) is 5.75 Å². The van der Waals surface area contributed by atoms with Crippen molar-refractivity contribution < 1.29 is 4.74 Å². The molecule has 0 fully saturated rings. The van der Waals surface area contributed by atoms with Gasteiger partial charge >= 0.3 is 0 Å². The van der Waals surface area contributed by atoms with Crippen molar-refractivity contribution in [3.63, 3.8) is 0 Å². The number of ether oxygens (including phenoxy) is 1. The number of methoxy groups -OCH3 is 1. The third kappa shape index (κ3) is 2.93. The lowest BCUT2D eigenvalue weighted by Crippen LogP contribution is -2.08. The number of rotatable bonds is 5. The van der Waals surface area contributed by atoms with Crippen molar-refractivity contribution in [2.75, 3.05) is 19.0 Å². The fourth-order valence-electron chi connectivity index (χ4n) is 1.48. The van der Waals surface area contributed by atoms with E-state index in [1.165, 1.54) is 0 Å². The van der Waals surface area contributed by atoms with Crippen molar-refractivity contribution in [2.24, 2.45) is 7.05 Å². The molecule has 0 saturated heterocycles. The van der Waals surface area contributed by atoms with Gasteiger partial charge in [0.25, 0.3) is 0 Å². The summed E-state index contributed by atoms with van der Waals surface area (Å²) < 4.78 is 6.88. The number of aromatic nitrogens is 4. The minimum Gasteiger partial charge on any atom is -0.493 e. The van der Waals surface area contributed by atoms with Gasteiger partial charge in [-0.2, -0.15) is 5.10 Å². The minimum absolute atomic E-state index is 0.720. The summed E-state index contributed by atoms with van der Waals surface area (Å²) in [5.74, 6) is 2.29. The standard InChI is InChI=1S/C11H15N5O/c1-16-8-14-10(15-16)5-7-13-11-9(17-2)4-3-6-12-11/h3-4,6,8H,5,7H2,1-2H3,(H,12,13). The normalized spacial score (nSPS) is 10.2. The zero-order valence-corrected chi connectivity index (χ0v) is 9.92. The van der Waals surface area contributed by atoms with E-state index in [1.807, 2.05) is 19.2 Å². The molecule has 0 saturated carbocycles. The first kappa shape index (κ1) is 11.4. The summed E-state index contributed by atoms with van der Waals surface area (Å²) in [7, 11) is 3.48. The molecule has 17 heavy (non-hydrogen) atoms. The van der Waals surface area contributed by atoms with Crippen LogP contribution in [0.4, 0.5) is 5.82 Å². The van der Waals surface area contributed by atoms with Crippen molar-refractivity contribution in [3.05, 3.63) is 30.5 Å². The predicted molar refractivity (Wildman–Crippen MR) is 64.0 cm³/mol. The van der Waals surface area contributed by atoms with E-state index < -0.39 is 0 Å². The Morgan fingerprint density at radius 3 is 3.00 bits per heavy atom. The van der Waals surface area contributed by atoms with Crippen LogP contribution in [0.2, 0.25) is 0 Å². The lowest BCUT2D eigenvalue weighted by Gasteiger charge is -2.08. The maximum Gasteiger partial charge on any atom is 0.168 e. The van der Waals surface area contributed by atoms with Crippen LogP contribution in [-0.4, -0.2) is 33.4 Å². The van der Waals surface area contributed by atoms with Gasteiger partial charge in [-0.15, -0.1) is 0 Å². The van der Waals surface area contributed by atoms with Crippen LogP contribution in [0, 0.1) is 0 Å². The van der Waals surface area contributed by atoms with E-state index in [4.69, 9.17) is 4.74 Å². The Bertz CT molecular complexity index is 482. The largest absolute Gasteiger partial charge is 0.493 e. The fourth-order valence-corrected chi connectivity index (χ4v) is 1.48. The van der Waals surface area contributed by atoms with E-state index in [-0.39, 0.29) is 0 Å². The lowest BCUT2D eigenvalue weighted by molar-refractivity contribution is 0.415. The minimum atomic E-state index is 0.720. The van der Waals surface area contributed by atoms with Gasteiger partial charge in [-0.3, -0.25) is 4.68 Å². The second kappa shape index (κ2) is 5.29. The van der Waals surface area contributed by atoms with Crippen LogP contribution in [0.5, 0.6) is 5.75 Å². The Hall–Kier alpha value is -2.11. The van der Waals surface area contributed by atoms with Crippen LogP contribution < -0.4 is 10.1 Å². The first-order valence-corrected chi connectivity index (χ1v) is 5.37. The molecule has 0 spiro atoms. The number of nitrogens with zero attached hydrogens (tertiary/aromatic N) is 4. The molecule has 0 aliphatic rings. The van der Waals surface area contributed by atoms with Crippen LogP contribution in [0.25, 0.3) is 0 Å². The van der Waals surface area contributed by atoms with Crippen molar-refractivity contribution in [2.45, 2.75) is 6.42 Å². The first-order valence-electron chi connectivity index (χ1n) is 5.37. The third-order valence-electron chi connectivity index (χ3n) is 2.28. The molecule has 0 aromatic carbocycles. The van der Waals surface area contributed by atoms with E-state index in [1.54, 1.807) is 24.3 Å². The fraction of sp³-hybridized carbons (Fsp3) is 0.364. The number of aryl methyl sites for hydroxylation is 1. The van der Waals surface area contributed by atoms with Crippen molar-refractivity contribution >= 4 is 5.82 Å². The van der Waals surface area contributed by atoms with E-state index in [9.17, 15) is 0 Å². The van der Waals surface area contributed by atoms with Crippen LogP contribution >= 0.6 is 0 Å². The van der Waals surface area contributed by atoms with Crippen LogP contribution in [0.1, 0.15) is 5.82 Å². The maximum absolute atomic E-state index is 5.19. The van der Waals surface area contributed by atoms with Crippen molar-refractivity contribution in [1.82, 2.24) is 19.7 Å². The molecule has 0 aliphatic heterocycles. The molecule has 0 aliphatic carbocycles. The second-order valence-electron chi connectivity index (χ2n) is 3.57. The van der Waals surface area contributed by atoms with E-state index >= 15 is 0 Å². The summed E-state index contributed by atoms with van der Waals surface area (Å²) in [5.41, 5.74) is 0. The molecule has 2 heterocycles. The van der Waals surface area contributed by atoms with Gasteiger partial charge in [0, 0.05) is 26.2 Å². The molecular weight excluding hydrogens is 218 g/mol. The Morgan fingerprint density at radius 1 is 1.41 bits per heavy atom. The summed E-state index contributed by atoms with van der Waals surface area (Å²) in [4.78, 5) is 8.35. The molecule has 1 N–H and O–H groups in total. The van der Waals surface area contributed by atoms with Gasteiger partial charge in [-0.25, -0.2) is 9.97 Å². The summed E-state index contributed by atoms with van der Waals surface area (Å²) in [6, 6.07) is 3.71. The molecule has 90 valence electrons. The number of nitrogens with one attached hydrogen (secondary N) is 1. The molecule has 2 rings (SSSR count). The molecule has 0 atom stereocenters. The highest BCUT2D eigenvalue weighted by molar-refractivity contribution is 5.49. The smallest absolute Gasteiger partial charge is 0.168 e. The van der Waals surface area contributed by atoms with Gasteiger partial charge in [0.05, 0.1) is 7.11 Å². The third-order valence-corrected chi connectivity index (χ3v) is 2.28. The zero-order valence-electron chi connectivity index (χ0n) is 9.92. The van der Waals surface area contributed by atoms with Crippen LogP contribution in [0.3, 0.4) is 0 Å². The Balaban J connectivity index is 1.89. The number of hydrogen-bond donors (Lipinski definition) is 1. The molecule has 6 nitrogen and oxygen atoms in total. The number of pyridine rings is 1. The Morgan fingerprint density at radius 2 is 2.29 bits per heavy atom. The average Bonchev–Trinajstić information content (AvgIpc) is 2.76. The summed E-state index contributed by atoms with van der Waals surface area (Å²) in [6.45, 7) is 0.720. The molecule has 2 aromatic rings. The quantitative estimate of drug-likeness (QED) is 0.830. The molecule has 0 amide bonds. The molecule has 0 unspecified atom stereocenters. The van der Waals surface area contributed by atoms with E-state index in [0.29, 0.717) is 0 Å². The van der Waals surface area contributed by atoms with Gasteiger partial charge in [-0.1, -0.05) is 0 Å². The number of anilines is 1. The molecule has 6 heteroatoms. The van der Waals surface area contributed by atoms with Gasteiger partial charge < -0.3 is 10.1 Å². The lowest BCUT2D eigenvalue weighted by atomic mass is 10.4. The number of hydrogen-bond acceptors (Lipinski definition) is 5. The molecule has 0 radical (unpaired) electrons. The molecule has 2 aromatic heterocycles. The Kier molecular flexibility index (Phi) is 3.54. The van der Waals surface area contributed by atoms with Gasteiger partial charge in [0.1, 0.15) is 6.33 Å². The highest BCUT2D eigenvalue weighted by Crippen LogP contribution is 2.19. The predicted octanol–water partition coefficient (Wildman–Crippen LogP) is 0.873. The van der Waals surface area contributed by atoms with E-state index in [2.05, 4.69) is 20.4 Å². The monoisotopic (exact) mass is 233 g/mol. The van der Waals surface area contributed by atoms with Crippen LogP contribution in [-0.2, 0) is 13.5 Å². The first-order chi connectivity index (χ1) is 8.29. The Labute approximate surface area is 99.7 Å². The van der Waals surface area contributed by atoms with Crippen molar-refractivity contribution in [1.29, 1.82) is 0 Å². The summed E-state index contributed by atoms with van der Waals surface area (Å²) in [6.07, 6.45) is 4.17. The van der Waals surface area contributed by atoms with E-state index in [0.717, 1.165) is 30.4 Å². The van der Waals surface area contributed by atoms with Crippen LogP contribution in [0.15, 0.2) is 24.7 Å². The summed E-state index contributed by atoms with van der Waals surface area (Å²) >= 11 is 0. The summed E-state index contributed by atoms with van der Waals surface area (Å²) in [5, 5.41) is 7.39. The second-order valence-corrected chi connectivity index (χ2v) is 3.57. The molecular formula is C11H15N5O. The highest BCUT2D eigenvalue weighted by Gasteiger charge is 2.03. The zero-order chi connectivity index (χ0) is 12.1. The van der Waals surface area contributed by atoms with Gasteiger partial charge in [0.15, 0.2) is 17.4 Å². The highest BCUT2D eigenvalue weighted by atomic mass is 16.5. The SMILES string of the molecule is COc1cccnc1NCCc1ncn(C)n1. The molecule has 0 bridgehead atoms.